The largest absolute Gasteiger partial charge is 0.872 e. The van der Waals surface area contributed by atoms with Crippen LogP contribution in [0.25, 0.3) is 0 Å². The Kier molecular flexibility index (Phi) is 3.56. The summed E-state index contributed by atoms with van der Waals surface area (Å²) in [5, 5.41) is 22.2. The number of rotatable bonds is 3. The van der Waals surface area contributed by atoms with E-state index in [4.69, 9.17) is 0 Å². The van der Waals surface area contributed by atoms with Gasteiger partial charge in [0, 0.05) is 18.3 Å². The Labute approximate surface area is 110 Å². The zero-order chi connectivity index (χ0) is 13.8. The molecule has 0 bridgehead atoms. The van der Waals surface area contributed by atoms with Gasteiger partial charge >= 0.3 is 0 Å². The molecular weight excluding hydrogens is 244 g/mol. The second-order valence-corrected chi connectivity index (χ2v) is 4.07. The minimum Gasteiger partial charge on any atom is -0.872 e. The van der Waals surface area contributed by atoms with Gasteiger partial charge in [0.2, 0.25) is 0 Å². The van der Waals surface area contributed by atoms with Crippen molar-refractivity contribution in [3.05, 3.63) is 63.7 Å². The first-order chi connectivity index (χ1) is 9.06. The summed E-state index contributed by atoms with van der Waals surface area (Å²) in [4.78, 5) is 14.2. The first-order valence-corrected chi connectivity index (χ1v) is 5.62. The third-order valence-electron chi connectivity index (χ3n) is 2.59. The Balaban J connectivity index is 2.29. The smallest absolute Gasteiger partial charge is 0.270 e. The zero-order valence-corrected chi connectivity index (χ0v) is 10.2. The molecule has 19 heavy (non-hydrogen) atoms. The average Bonchev–Trinajstić information content (AvgIpc) is 2.39. The van der Waals surface area contributed by atoms with Crippen LogP contribution >= 0.6 is 0 Å². The molecule has 0 unspecified atom stereocenters. The molecule has 5 nitrogen and oxygen atoms in total. The maximum Gasteiger partial charge on any atom is 0.270 e. The van der Waals surface area contributed by atoms with Gasteiger partial charge in [-0.15, -0.1) is 0 Å². The topological polar surface area (TPSA) is 78.6 Å². The van der Waals surface area contributed by atoms with Gasteiger partial charge in [-0.3, -0.25) is 15.1 Å². The normalized spacial score (nSPS) is 10.8. The van der Waals surface area contributed by atoms with E-state index in [9.17, 15) is 15.2 Å². The van der Waals surface area contributed by atoms with E-state index in [-0.39, 0.29) is 17.0 Å². The standard InChI is InChI=1S/C14H12N2O3/c1-10-2-4-12(5-3-10)15-9-11-8-13(16(18)19)6-7-14(11)17/h2-9,17H,1H3/p-1. The molecule has 0 saturated carbocycles. The van der Waals surface area contributed by atoms with E-state index in [1.807, 2.05) is 31.2 Å². The van der Waals surface area contributed by atoms with Crippen LogP contribution in [0.1, 0.15) is 11.1 Å². The Hall–Kier alpha value is -2.69. The van der Waals surface area contributed by atoms with Gasteiger partial charge in [-0.2, -0.15) is 0 Å². The van der Waals surface area contributed by atoms with E-state index in [1.54, 1.807) is 0 Å². The van der Waals surface area contributed by atoms with Gasteiger partial charge in [-0.25, -0.2) is 0 Å². The molecule has 2 rings (SSSR count). The van der Waals surface area contributed by atoms with E-state index >= 15 is 0 Å². The first kappa shape index (κ1) is 12.8. The van der Waals surface area contributed by atoms with Gasteiger partial charge in [0.25, 0.3) is 5.69 Å². The van der Waals surface area contributed by atoms with E-state index in [1.165, 1.54) is 24.4 Å². The van der Waals surface area contributed by atoms with Gasteiger partial charge in [0.15, 0.2) is 0 Å². The predicted octanol–water partition coefficient (Wildman–Crippen LogP) is 2.73. The van der Waals surface area contributed by atoms with E-state index in [0.29, 0.717) is 5.69 Å². The number of hydrogen-bond acceptors (Lipinski definition) is 4. The predicted molar refractivity (Wildman–Crippen MR) is 71.0 cm³/mol. The van der Waals surface area contributed by atoms with Crippen molar-refractivity contribution in [1.29, 1.82) is 0 Å². The number of non-ortho nitro benzene ring substituents is 1. The van der Waals surface area contributed by atoms with E-state index in [0.717, 1.165) is 5.56 Å². The molecule has 0 aliphatic heterocycles. The van der Waals surface area contributed by atoms with Crippen molar-refractivity contribution in [3.63, 3.8) is 0 Å². The van der Waals surface area contributed by atoms with E-state index < -0.39 is 4.92 Å². The number of benzene rings is 2. The van der Waals surface area contributed by atoms with Crippen LogP contribution in [0.5, 0.6) is 5.75 Å². The lowest BCUT2D eigenvalue weighted by Gasteiger charge is -2.08. The van der Waals surface area contributed by atoms with Gasteiger partial charge in [-0.05, 0) is 24.6 Å². The minimum atomic E-state index is -0.539. The van der Waals surface area contributed by atoms with Gasteiger partial charge in [0.05, 0.1) is 10.6 Å². The molecule has 96 valence electrons. The van der Waals surface area contributed by atoms with Crippen LogP contribution in [0.3, 0.4) is 0 Å². The lowest BCUT2D eigenvalue weighted by molar-refractivity contribution is -0.385. The lowest BCUT2D eigenvalue weighted by atomic mass is 10.2. The summed E-state index contributed by atoms with van der Waals surface area (Å²) in [5.41, 5.74) is 1.88. The van der Waals surface area contributed by atoms with Gasteiger partial charge in [-0.1, -0.05) is 29.5 Å². The highest BCUT2D eigenvalue weighted by molar-refractivity contribution is 5.86. The fourth-order valence-electron chi connectivity index (χ4n) is 1.53. The van der Waals surface area contributed by atoms with Crippen LogP contribution in [0.4, 0.5) is 11.4 Å². The molecule has 0 aromatic heterocycles. The van der Waals surface area contributed by atoms with Gasteiger partial charge in [0.1, 0.15) is 0 Å². The number of aryl methyl sites for hydroxylation is 1. The Morgan fingerprint density at radius 3 is 2.47 bits per heavy atom. The molecule has 0 saturated heterocycles. The summed E-state index contributed by atoms with van der Waals surface area (Å²) in [6.07, 6.45) is 1.35. The number of nitro benzene ring substituents is 1. The molecule has 0 spiro atoms. The highest BCUT2D eigenvalue weighted by Gasteiger charge is 2.05. The lowest BCUT2D eigenvalue weighted by Crippen LogP contribution is -1.98. The molecule has 0 amide bonds. The summed E-state index contributed by atoms with van der Waals surface area (Å²) in [5.74, 6) is -0.290. The van der Waals surface area contributed by atoms with Crippen molar-refractivity contribution < 1.29 is 10.0 Å². The second-order valence-electron chi connectivity index (χ2n) is 4.07. The van der Waals surface area contributed by atoms with Crippen LogP contribution in [0.2, 0.25) is 0 Å². The molecule has 0 aliphatic carbocycles. The summed E-state index contributed by atoms with van der Waals surface area (Å²) < 4.78 is 0. The van der Waals surface area contributed by atoms with E-state index in [2.05, 4.69) is 4.99 Å². The molecule has 0 radical (unpaired) electrons. The highest BCUT2D eigenvalue weighted by atomic mass is 16.6. The van der Waals surface area contributed by atoms with Crippen LogP contribution in [-0.2, 0) is 0 Å². The summed E-state index contributed by atoms with van der Waals surface area (Å²) in [7, 11) is 0. The summed E-state index contributed by atoms with van der Waals surface area (Å²) in [6.45, 7) is 1.96. The summed E-state index contributed by atoms with van der Waals surface area (Å²) in [6, 6.07) is 11.0. The van der Waals surface area contributed by atoms with Crippen LogP contribution in [-0.4, -0.2) is 11.1 Å². The molecule has 0 N–H and O–H groups in total. The Bertz CT molecular complexity index is 634. The fraction of sp³-hybridized carbons (Fsp3) is 0.0714. The first-order valence-electron chi connectivity index (χ1n) is 5.62. The van der Waals surface area contributed by atoms with Crippen molar-refractivity contribution in [2.24, 2.45) is 4.99 Å². The molecule has 0 fully saturated rings. The summed E-state index contributed by atoms with van der Waals surface area (Å²) >= 11 is 0. The van der Waals surface area contributed by atoms with Crippen LogP contribution < -0.4 is 5.11 Å². The second kappa shape index (κ2) is 5.30. The van der Waals surface area contributed by atoms with Crippen molar-refractivity contribution in [3.8, 4) is 5.75 Å². The highest BCUT2D eigenvalue weighted by Crippen LogP contribution is 2.20. The van der Waals surface area contributed by atoms with Crippen molar-refractivity contribution in [2.45, 2.75) is 6.92 Å². The molecule has 2 aromatic rings. The zero-order valence-electron chi connectivity index (χ0n) is 10.2. The molecule has 5 heteroatoms. The molecule has 2 aromatic carbocycles. The Morgan fingerprint density at radius 2 is 1.84 bits per heavy atom. The number of hydrogen-bond donors (Lipinski definition) is 0. The average molecular weight is 255 g/mol. The quantitative estimate of drug-likeness (QED) is 0.480. The molecular formula is C14H11N2O3-. The van der Waals surface area contributed by atoms with Crippen LogP contribution in [0, 0.1) is 17.0 Å². The van der Waals surface area contributed by atoms with Gasteiger partial charge < -0.3 is 5.11 Å². The monoisotopic (exact) mass is 255 g/mol. The maximum absolute atomic E-state index is 11.6. The van der Waals surface area contributed by atoms with Crippen molar-refractivity contribution in [2.75, 3.05) is 0 Å². The number of nitro groups is 1. The number of aliphatic imine (C=N–C) groups is 1. The Morgan fingerprint density at radius 1 is 1.16 bits per heavy atom. The minimum absolute atomic E-state index is 0.120. The van der Waals surface area contributed by atoms with Crippen molar-refractivity contribution >= 4 is 17.6 Å². The molecule has 0 aliphatic rings. The number of nitrogens with zero attached hydrogens (tertiary/aromatic N) is 2. The molecule has 0 heterocycles. The third kappa shape index (κ3) is 3.16. The third-order valence-corrected chi connectivity index (χ3v) is 2.59. The van der Waals surface area contributed by atoms with Crippen molar-refractivity contribution in [1.82, 2.24) is 0 Å². The molecule has 0 atom stereocenters. The SMILES string of the molecule is Cc1ccc(N=Cc2cc([N+](=O)[O-])ccc2[O-])cc1. The fourth-order valence-corrected chi connectivity index (χ4v) is 1.53. The van der Waals surface area contributed by atoms with Crippen LogP contribution in [0.15, 0.2) is 47.5 Å². The maximum atomic E-state index is 11.6.